The molecule has 2 aromatic rings. The first kappa shape index (κ1) is 23.1. The zero-order valence-electron chi connectivity index (χ0n) is 18.3. The van der Waals surface area contributed by atoms with Crippen molar-refractivity contribution in [3.63, 3.8) is 0 Å². The van der Waals surface area contributed by atoms with Gasteiger partial charge in [0.25, 0.3) is 5.91 Å². The van der Waals surface area contributed by atoms with Crippen LogP contribution in [0.25, 0.3) is 0 Å². The summed E-state index contributed by atoms with van der Waals surface area (Å²) in [6, 6.07) is 12.1. The number of nitrogens with one attached hydrogen (secondary N) is 1. The van der Waals surface area contributed by atoms with E-state index >= 15 is 0 Å². The van der Waals surface area contributed by atoms with Crippen LogP contribution in [-0.2, 0) is 14.8 Å². The maximum Gasteiger partial charge on any atom is 0.258 e. The molecule has 1 aliphatic rings. The minimum absolute atomic E-state index is 0.153. The summed E-state index contributed by atoms with van der Waals surface area (Å²) in [6.07, 6.45) is 2.85. The highest BCUT2D eigenvalue weighted by Crippen LogP contribution is 2.26. The van der Waals surface area contributed by atoms with E-state index in [2.05, 4.69) is 5.32 Å². The Kier molecular flexibility index (Phi) is 7.56. The fraction of sp³-hybridized carbons (Fsp3) is 0.435. The Morgan fingerprint density at radius 2 is 1.77 bits per heavy atom. The van der Waals surface area contributed by atoms with Gasteiger partial charge in [-0.2, -0.15) is 4.31 Å². The third-order valence-electron chi connectivity index (χ3n) is 5.45. The number of hydrogen-bond donors (Lipinski definition) is 1. The summed E-state index contributed by atoms with van der Waals surface area (Å²) in [7, 11) is -1.89. The lowest BCUT2D eigenvalue weighted by molar-refractivity contribution is -0.123. The van der Waals surface area contributed by atoms with Gasteiger partial charge < -0.3 is 14.8 Å². The number of piperidine rings is 1. The average molecular weight is 447 g/mol. The molecule has 0 aliphatic carbocycles. The summed E-state index contributed by atoms with van der Waals surface area (Å²) in [5.74, 6) is 0.990. The lowest BCUT2D eigenvalue weighted by atomic mass is 10.1. The molecule has 168 valence electrons. The quantitative estimate of drug-likeness (QED) is 0.672. The molecular formula is C23H30N2O5S. The van der Waals surface area contributed by atoms with Gasteiger partial charge in [0.1, 0.15) is 11.5 Å². The van der Waals surface area contributed by atoms with Gasteiger partial charge in [-0.1, -0.05) is 18.6 Å². The zero-order chi connectivity index (χ0) is 22.4. The third-order valence-corrected chi connectivity index (χ3v) is 7.35. The number of aryl methyl sites for hydroxylation is 1. The summed E-state index contributed by atoms with van der Waals surface area (Å²) in [4.78, 5) is 12.6. The summed E-state index contributed by atoms with van der Waals surface area (Å²) >= 11 is 0. The summed E-state index contributed by atoms with van der Waals surface area (Å²) in [5.41, 5.74) is 1.63. The van der Waals surface area contributed by atoms with E-state index in [4.69, 9.17) is 9.47 Å². The van der Waals surface area contributed by atoms with E-state index in [0.29, 0.717) is 24.4 Å². The van der Waals surface area contributed by atoms with E-state index in [1.165, 1.54) is 0 Å². The third kappa shape index (κ3) is 5.77. The largest absolute Gasteiger partial charge is 0.497 e. The molecule has 1 heterocycles. The first-order valence-electron chi connectivity index (χ1n) is 10.5. The van der Waals surface area contributed by atoms with Crippen LogP contribution in [0.4, 0.5) is 0 Å². The molecule has 1 atom stereocenters. The maximum absolute atomic E-state index is 12.8. The van der Waals surface area contributed by atoms with E-state index in [1.807, 2.05) is 31.2 Å². The van der Waals surface area contributed by atoms with Crippen molar-refractivity contribution >= 4 is 15.9 Å². The number of rotatable bonds is 8. The molecule has 1 aliphatic heterocycles. The number of ether oxygens (including phenoxy) is 2. The molecule has 0 aromatic heterocycles. The molecule has 0 spiro atoms. The Morgan fingerprint density at radius 1 is 1.10 bits per heavy atom. The number of amides is 1. The molecule has 0 saturated carbocycles. The van der Waals surface area contributed by atoms with Crippen LogP contribution in [0, 0.1) is 6.92 Å². The molecule has 2 aromatic carbocycles. The molecule has 0 radical (unpaired) electrons. The van der Waals surface area contributed by atoms with Gasteiger partial charge in [-0.3, -0.25) is 4.79 Å². The number of nitrogens with zero attached hydrogens (tertiary/aromatic N) is 1. The van der Waals surface area contributed by atoms with Crippen LogP contribution in [0.15, 0.2) is 47.4 Å². The second-order valence-electron chi connectivity index (χ2n) is 7.74. The average Bonchev–Trinajstić information content (AvgIpc) is 2.78. The van der Waals surface area contributed by atoms with E-state index in [1.54, 1.807) is 36.5 Å². The molecule has 7 nitrogen and oxygen atoms in total. The van der Waals surface area contributed by atoms with Crippen LogP contribution < -0.4 is 14.8 Å². The Morgan fingerprint density at radius 3 is 2.39 bits per heavy atom. The smallest absolute Gasteiger partial charge is 0.258 e. The highest BCUT2D eigenvalue weighted by molar-refractivity contribution is 7.89. The SMILES string of the molecule is COc1ccc([C@H](C)NC(=O)COc2ccc(S(=O)(=O)N3CCCCC3)cc2C)cc1. The van der Waals surface area contributed by atoms with Crippen LogP contribution >= 0.6 is 0 Å². The van der Waals surface area contributed by atoms with E-state index in [0.717, 1.165) is 30.6 Å². The standard InChI is InChI=1S/C23H30N2O5S/c1-17-15-21(31(27,28)25-13-5-4-6-14-25)11-12-22(17)30-16-23(26)24-18(2)19-7-9-20(29-3)10-8-19/h7-12,15,18H,4-6,13-14,16H2,1-3H3,(H,24,26)/t18-/m0/s1. The highest BCUT2D eigenvalue weighted by Gasteiger charge is 2.26. The minimum atomic E-state index is -3.49. The van der Waals surface area contributed by atoms with E-state index in [-0.39, 0.29) is 23.5 Å². The minimum Gasteiger partial charge on any atom is -0.497 e. The van der Waals surface area contributed by atoms with Crippen molar-refractivity contribution < 1.29 is 22.7 Å². The van der Waals surface area contributed by atoms with Crippen molar-refractivity contribution in [2.45, 2.75) is 44.0 Å². The van der Waals surface area contributed by atoms with Gasteiger partial charge in [-0.15, -0.1) is 0 Å². The van der Waals surface area contributed by atoms with Gasteiger partial charge in [-0.05, 0) is 68.1 Å². The number of carbonyl (C=O) groups excluding carboxylic acids is 1. The van der Waals surface area contributed by atoms with Crippen molar-refractivity contribution in [2.24, 2.45) is 0 Å². The number of carbonyl (C=O) groups is 1. The molecule has 3 rings (SSSR count). The van der Waals surface area contributed by atoms with Gasteiger partial charge in [0.15, 0.2) is 6.61 Å². The zero-order valence-corrected chi connectivity index (χ0v) is 19.1. The molecule has 1 N–H and O–H groups in total. The van der Waals surface area contributed by atoms with Crippen LogP contribution in [0.2, 0.25) is 0 Å². The number of methoxy groups -OCH3 is 1. The van der Waals surface area contributed by atoms with Crippen LogP contribution in [0.1, 0.15) is 43.4 Å². The topological polar surface area (TPSA) is 84.9 Å². The summed E-state index contributed by atoms with van der Waals surface area (Å²) in [6.45, 7) is 4.64. The summed E-state index contributed by atoms with van der Waals surface area (Å²) in [5, 5.41) is 2.89. The van der Waals surface area contributed by atoms with Gasteiger partial charge in [-0.25, -0.2) is 8.42 Å². The molecule has 0 bridgehead atoms. The fourth-order valence-corrected chi connectivity index (χ4v) is 5.20. The van der Waals surface area contributed by atoms with Crippen molar-refractivity contribution in [1.29, 1.82) is 0 Å². The van der Waals surface area contributed by atoms with Crippen molar-refractivity contribution in [3.8, 4) is 11.5 Å². The lowest BCUT2D eigenvalue weighted by Gasteiger charge is -2.26. The van der Waals surface area contributed by atoms with Crippen molar-refractivity contribution in [1.82, 2.24) is 9.62 Å². The predicted octanol–water partition coefficient (Wildman–Crippen LogP) is 3.43. The molecule has 0 unspecified atom stereocenters. The first-order chi connectivity index (χ1) is 14.8. The second-order valence-corrected chi connectivity index (χ2v) is 9.68. The Hall–Kier alpha value is -2.58. The fourth-order valence-electron chi connectivity index (χ4n) is 3.60. The number of hydrogen-bond acceptors (Lipinski definition) is 5. The monoisotopic (exact) mass is 446 g/mol. The lowest BCUT2D eigenvalue weighted by Crippen LogP contribution is -2.35. The highest BCUT2D eigenvalue weighted by atomic mass is 32.2. The Balaban J connectivity index is 1.58. The van der Waals surface area contributed by atoms with Crippen molar-refractivity contribution in [2.75, 3.05) is 26.8 Å². The van der Waals surface area contributed by atoms with Gasteiger partial charge >= 0.3 is 0 Å². The Labute approximate surface area is 184 Å². The molecule has 8 heteroatoms. The maximum atomic E-state index is 12.8. The van der Waals surface area contributed by atoms with Crippen molar-refractivity contribution in [3.05, 3.63) is 53.6 Å². The first-order valence-corrected chi connectivity index (χ1v) is 11.9. The van der Waals surface area contributed by atoms with Crippen LogP contribution in [0.3, 0.4) is 0 Å². The molecular weight excluding hydrogens is 416 g/mol. The van der Waals surface area contributed by atoms with Gasteiger partial charge in [0, 0.05) is 13.1 Å². The Bertz CT molecular complexity index is 999. The van der Waals surface area contributed by atoms with Crippen LogP contribution in [-0.4, -0.2) is 45.4 Å². The number of benzene rings is 2. The summed E-state index contributed by atoms with van der Waals surface area (Å²) < 4.78 is 38.0. The van der Waals surface area contributed by atoms with E-state index < -0.39 is 10.0 Å². The number of sulfonamides is 1. The molecule has 1 saturated heterocycles. The van der Waals surface area contributed by atoms with E-state index in [9.17, 15) is 13.2 Å². The van der Waals surface area contributed by atoms with Gasteiger partial charge in [0.05, 0.1) is 18.0 Å². The van der Waals surface area contributed by atoms with Gasteiger partial charge in [0.2, 0.25) is 10.0 Å². The predicted molar refractivity (Wildman–Crippen MR) is 119 cm³/mol. The molecule has 1 fully saturated rings. The normalized spacial score (nSPS) is 15.8. The molecule has 1 amide bonds. The molecule has 31 heavy (non-hydrogen) atoms. The second kappa shape index (κ2) is 10.2. The van der Waals surface area contributed by atoms with Crippen LogP contribution in [0.5, 0.6) is 11.5 Å².